The second-order valence-electron chi connectivity index (χ2n) is 6.34. The van der Waals surface area contributed by atoms with Gasteiger partial charge in [-0.05, 0) is 38.1 Å². The van der Waals surface area contributed by atoms with Crippen molar-refractivity contribution in [3.63, 3.8) is 0 Å². The van der Waals surface area contributed by atoms with Crippen molar-refractivity contribution in [3.8, 4) is 11.4 Å². The van der Waals surface area contributed by atoms with Crippen molar-refractivity contribution < 1.29 is 9.21 Å². The lowest BCUT2D eigenvalue weighted by Gasteiger charge is -2.11. The van der Waals surface area contributed by atoms with Gasteiger partial charge in [-0.15, -0.1) is 10.2 Å². The highest BCUT2D eigenvalue weighted by atomic mass is 32.2. The molecule has 0 saturated carbocycles. The van der Waals surface area contributed by atoms with Crippen LogP contribution in [0, 0.1) is 6.92 Å². The quantitative estimate of drug-likeness (QED) is 0.444. The van der Waals surface area contributed by atoms with Crippen LogP contribution in [0.15, 0.2) is 44.9 Å². The van der Waals surface area contributed by atoms with Gasteiger partial charge in [-0.2, -0.15) is 0 Å². The third kappa shape index (κ3) is 3.33. The van der Waals surface area contributed by atoms with Crippen LogP contribution in [0.5, 0.6) is 0 Å². The predicted molar refractivity (Wildman–Crippen MR) is 106 cm³/mol. The Morgan fingerprint density at radius 3 is 2.79 bits per heavy atom. The number of anilines is 1. The summed E-state index contributed by atoms with van der Waals surface area (Å²) in [5, 5.41) is 11.5. The van der Waals surface area contributed by atoms with E-state index in [9.17, 15) is 9.59 Å². The second-order valence-corrected chi connectivity index (χ2v) is 7.65. The second kappa shape index (κ2) is 7.04. The molecule has 0 radical (unpaired) electrons. The molecular formula is C18H18N6O3S. The number of thioether (sulfide) groups is 1. The van der Waals surface area contributed by atoms with E-state index in [1.807, 2.05) is 24.6 Å². The van der Waals surface area contributed by atoms with Gasteiger partial charge in [0.25, 0.3) is 0 Å². The van der Waals surface area contributed by atoms with Gasteiger partial charge in [-0.3, -0.25) is 4.79 Å². The third-order valence-corrected chi connectivity index (χ3v) is 5.50. The SMILES string of the molecule is Cc1occc1-c1nnc(S[C@H](C)C(=O)Nc2ccc3[nH]c(=O)[nH]c3c2)n1C. The molecule has 1 amide bonds. The van der Waals surface area contributed by atoms with Gasteiger partial charge in [0, 0.05) is 12.7 Å². The van der Waals surface area contributed by atoms with E-state index in [-0.39, 0.29) is 11.6 Å². The normalized spacial score (nSPS) is 12.4. The van der Waals surface area contributed by atoms with Crippen LogP contribution in [0.3, 0.4) is 0 Å². The molecule has 9 nitrogen and oxygen atoms in total. The van der Waals surface area contributed by atoms with E-state index in [4.69, 9.17) is 4.42 Å². The van der Waals surface area contributed by atoms with E-state index in [0.29, 0.717) is 27.7 Å². The Morgan fingerprint density at radius 2 is 2.04 bits per heavy atom. The molecule has 0 saturated heterocycles. The number of nitrogens with one attached hydrogen (secondary N) is 3. The summed E-state index contributed by atoms with van der Waals surface area (Å²) in [5.41, 5.74) is 2.51. The molecule has 28 heavy (non-hydrogen) atoms. The van der Waals surface area contributed by atoms with Gasteiger partial charge >= 0.3 is 5.69 Å². The molecule has 4 rings (SSSR count). The fraction of sp³-hybridized carbons (Fsp3) is 0.222. The molecule has 4 aromatic rings. The molecule has 3 N–H and O–H groups in total. The zero-order valence-electron chi connectivity index (χ0n) is 15.4. The van der Waals surface area contributed by atoms with Crippen molar-refractivity contribution in [2.75, 3.05) is 5.32 Å². The third-order valence-electron chi connectivity index (χ3n) is 4.37. The lowest BCUT2D eigenvalue weighted by atomic mass is 10.2. The zero-order chi connectivity index (χ0) is 19.8. The topological polar surface area (TPSA) is 122 Å². The van der Waals surface area contributed by atoms with E-state index in [1.54, 1.807) is 31.4 Å². The maximum atomic E-state index is 12.6. The largest absolute Gasteiger partial charge is 0.469 e. The number of hydrogen-bond donors (Lipinski definition) is 3. The molecule has 0 spiro atoms. The lowest BCUT2D eigenvalue weighted by molar-refractivity contribution is -0.115. The molecule has 0 aliphatic carbocycles. The van der Waals surface area contributed by atoms with Crippen LogP contribution in [0.4, 0.5) is 5.69 Å². The van der Waals surface area contributed by atoms with Gasteiger partial charge in [0.15, 0.2) is 11.0 Å². The van der Waals surface area contributed by atoms with Crippen molar-refractivity contribution in [1.29, 1.82) is 0 Å². The van der Waals surface area contributed by atoms with Gasteiger partial charge in [0.05, 0.1) is 28.1 Å². The number of carbonyl (C=O) groups is 1. The average molecular weight is 398 g/mol. The average Bonchev–Trinajstić information content (AvgIpc) is 3.33. The Morgan fingerprint density at radius 1 is 1.25 bits per heavy atom. The van der Waals surface area contributed by atoms with Crippen LogP contribution in [-0.4, -0.2) is 35.9 Å². The molecule has 144 valence electrons. The number of amides is 1. The van der Waals surface area contributed by atoms with Gasteiger partial charge in [-0.1, -0.05) is 11.8 Å². The van der Waals surface area contributed by atoms with E-state index < -0.39 is 5.25 Å². The van der Waals surface area contributed by atoms with E-state index in [1.165, 1.54) is 11.8 Å². The molecule has 3 aromatic heterocycles. The highest BCUT2D eigenvalue weighted by Gasteiger charge is 2.20. The zero-order valence-corrected chi connectivity index (χ0v) is 16.3. The number of carbonyl (C=O) groups excluding carboxylic acids is 1. The molecular weight excluding hydrogens is 380 g/mol. The standard InChI is InChI=1S/C18H18N6O3S/c1-9-12(6-7-27-9)15-22-23-18(24(15)3)28-10(2)16(25)19-11-4-5-13-14(8-11)21-17(26)20-13/h4-8,10H,1-3H3,(H,19,25)(H2,20,21,26)/t10-/m1/s1. The highest BCUT2D eigenvalue weighted by molar-refractivity contribution is 8.00. The maximum absolute atomic E-state index is 12.6. The highest BCUT2D eigenvalue weighted by Crippen LogP contribution is 2.28. The number of imidazole rings is 1. The summed E-state index contributed by atoms with van der Waals surface area (Å²) >= 11 is 1.31. The molecule has 0 aliphatic heterocycles. The van der Waals surface area contributed by atoms with E-state index >= 15 is 0 Å². The Hall–Kier alpha value is -3.27. The Balaban J connectivity index is 1.47. The molecule has 10 heteroatoms. The Kier molecular flexibility index (Phi) is 4.55. The van der Waals surface area contributed by atoms with Crippen molar-refractivity contribution in [2.45, 2.75) is 24.3 Å². The van der Waals surface area contributed by atoms with Crippen LogP contribution < -0.4 is 11.0 Å². The summed E-state index contributed by atoms with van der Waals surface area (Å²) in [6.45, 7) is 3.66. The van der Waals surface area contributed by atoms with Crippen LogP contribution in [0.25, 0.3) is 22.4 Å². The first-order chi connectivity index (χ1) is 13.4. The van der Waals surface area contributed by atoms with Gasteiger partial charge in [0.1, 0.15) is 5.76 Å². The first-order valence-electron chi connectivity index (χ1n) is 8.56. The molecule has 0 bridgehead atoms. The maximum Gasteiger partial charge on any atom is 0.323 e. The smallest absolute Gasteiger partial charge is 0.323 e. The minimum Gasteiger partial charge on any atom is -0.469 e. The number of rotatable bonds is 5. The van der Waals surface area contributed by atoms with E-state index in [2.05, 4.69) is 25.5 Å². The molecule has 3 heterocycles. The minimum atomic E-state index is -0.401. The molecule has 0 fully saturated rings. The van der Waals surface area contributed by atoms with Crippen LogP contribution >= 0.6 is 11.8 Å². The lowest BCUT2D eigenvalue weighted by Crippen LogP contribution is -2.22. The Labute approximate surface area is 163 Å². The number of aromatic nitrogens is 5. The fourth-order valence-electron chi connectivity index (χ4n) is 2.83. The fourth-order valence-corrected chi connectivity index (χ4v) is 3.65. The number of fused-ring (bicyclic) bond motifs is 1. The molecule has 0 unspecified atom stereocenters. The van der Waals surface area contributed by atoms with Crippen LogP contribution in [0.2, 0.25) is 0 Å². The number of benzene rings is 1. The number of H-pyrrole nitrogens is 2. The Bertz CT molecular complexity index is 1220. The van der Waals surface area contributed by atoms with Gasteiger partial charge in [0.2, 0.25) is 5.91 Å². The summed E-state index contributed by atoms with van der Waals surface area (Å²) in [6, 6.07) is 7.03. The minimum absolute atomic E-state index is 0.175. The number of aryl methyl sites for hydroxylation is 1. The first-order valence-corrected chi connectivity index (χ1v) is 9.44. The summed E-state index contributed by atoms with van der Waals surface area (Å²) in [4.78, 5) is 29.3. The number of aromatic amines is 2. The summed E-state index contributed by atoms with van der Waals surface area (Å²) < 4.78 is 7.16. The number of nitrogens with zero attached hydrogens (tertiary/aromatic N) is 3. The first kappa shape index (κ1) is 18.1. The monoisotopic (exact) mass is 398 g/mol. The van der Waals surface area contributed by atoms with Crippen molar-refractivity contribution >= 4 is 34.4 Å². The van der Waals surface area contributed by atoms with Gasteiger partial charge < -0.3 is 24.3 Å². The number of hydrogen-bond acceptors (Lipinski definition) is 6. The van der Waals surface area contributed by atoms with E-state index in [0.717, 1.165) is 11.3 Å². The summed E-state index contributed by atoms with van der Waals surface area (Å²) in [6.07, 6.45) is 1.61. The molecule has 1 atom stereocenters. The summed E-state index contributed by atoms with van der Waals surface area (Å²) in [7, 11) is 1.85. The van der Waals surface area contributed by atoms with Crippen molar-refractivity contribution in [1.82, 2.24) is 24.7 Å². The van der Waals surface area contributed by atoms with Crippen LogP contribution in [0.1, 0.15) is 12.7 Å². The number of furan rings is 1. The van der Waals surface area contributed by atoms with Crippen molar-refractivity contribution in [3.05, 3.63) is 46.8 Å². The van der Waals surface area contributed by atoms with Crippen molar-refractivity contribution in [2.24, 2.45) is 7.05 Å². The van der Waals surface area contributed by atoms with Crippen LogP contribution in [-0.2, 0) is 11.8 Å². The molecule has 1 aromatic carbocycles. The van der Waals surface area contributed by atoms with Gasteiger partial charge in [-0.25, -0.2) is 4.79 Å². The molecule has 0 aliphatic rings. The summed E-state index contributed by atoms with van der Waals surface area (Å²) in [5.74, 6) is 1.27. The predicted octanol–water partition coefficient (Wildman–Crippen LogP) is 2.67.